The fourth-order valence-electron chi connectivity index (χ4n) is 0.434. The first-order valence-corrected chi connectivity index (χ1v) is 5.81. The molecule has 0 saturated carbocycles. The monoisotopic (exact) mass is 246 g/mol. The second-order valence-corrected chi connectivity index (χ2v) is 5.82. The molecule has 0 aliphatic heterocycles. The van der Waals surface area contributed by atoms with Crippen LogP contribution in [-0.4, -0.2) is 11.1 Å². The van der Waals surface area contributed by atoms with Gasteiger partial charge in [0.25, 0.3) is 10.2 Å². The topological polar surface area (TPSA) is 0 Å². The highest BCUT2D eigenvalue weighted by Crippen LogP contribution is 2.97. The second-order valence-electron chi connectivity index (χ2n) is 2.48. The van der Waals surface area contributed by atoms with Crippen molar-refractivity contribution in [1.82, 2.24) is 0 Å². The molecule has 0 spiro atoms. The van der Waals surface area contributed by atoms with Gasteiger partial charge in [-0.15, -0.1) is 18.2 Å². The van der Waals surface area contributed by atoms with E-state index < -0.39 is 21.4 Å². The molecule has 0 saturated heterocycles. The fourth-order valence-corrected chi connectivity index (χ4v) is 2.02. The van der Waals surface area contributed by atoms with Crippen LogP contribution in [0.2, 0.25) is 0 Å². The lowest BCUT2D eigenvalue weighted by Gasteiger charge is -2.41. The van der Waals surface area contributed by atoms with Gasteiger partial charge in [-0.25, -0.2) is 0 Å². The molecule has 1 atom stereocenters. The highest BCUT2D eigenvalue weighted by atomic mass is 35.5. The Hall–Kier alpha value is 0.0300. The van der Waals surface area contributed by atoms with E-state index in [0.717, 1.165) is 6.92 Å². The van der Waals surface area contributed by atoms with Gasteiger partial charge in [0.2, 0.25) is 0 Å². The summed E-state index contributed by atoms with van der Waals surface area (Å²) in [6.07, 6.45) is 1.75. The minimum atomic E-state index is -9.23. The molecule has 0 nitrogen and oxygen atoms in total. The van der Waals surface area contributed by atoms with Crippen molar-refractivity contribution in [3.8, 4) is 0 Å². The summed E-state index contributed by atoms with van der Waals surface area (Å²) in [5, 5.41) is -1.57. The smallest absolute Gasteiger partial charge is 0.122 e. The molecular formula is C6H12ClF5S. The average molecular weight is 247 g/mol. The highest BCUT2D eigenvalue weighted by Gasteiger charge is 2.63. The van der Waals surface area contributed by atoms with Crippen LogP contribution in [-0.2, 0) is 0 Å². The number of halogens is 6. The molecule has 0 aliphatic rings. The molecule has 0 fully saturated rings. The second kappa shape index (κ2) is 3.65. The van der Waals surface area contributed by atoms with E-state index in [9.17, 15) is 19.4 Å². The Morgan fingerprint density at radius 3 is 1.54 bits per heavy atom. The molecule has 0 aromatic heterocycles. The van der Waals surface area contributed by atoms with Gasteiger partial charge in [0.05, 0.1) is 0 Å². The largest absolute Gasteiger partial charge is 0.287 e. The third kappa shape index (κ3) is 24.5. The van der Waals surface area contributed by atoms with Crippen molar-refractivity contribution >= 4 is 21.8 Å². The minimum absolute atomic E-state index is 0.874. The molecule has 0 rings (SSSR count). The van der Waals surface area contributed by atoms with Gasteiger partial charge in [-0.1, -0.05) is 25.5 Å². The van der Waals surface area contributed by atoms with Crippen LogP contribution in [0, 0.1) is 0 Å². The summed E-state index contributed by atoms with van der Waals surface area (Å²) in [7, 11) is -9.23. The summed E-state index contributed by atoms with van der Waals surface area (Å²) < 4.78 is 56.9. The van der Waals surface area contributed by atoms with E-state index in [4.69, 9.17) is 11.6 Å². The molecule has 1 unspecified atom stereocenters. The third-order valence-electron chi connectivity index (χ3n) is 0.545. The van der Waals surface area contributed by atoms with Crippen molar-refractivity contribution in [2.45, 2.75) is 19.2 Å². The lowest BCUT2D eigenvalue weighted by molar-refractivity contribution is 0.364. The van der Waals surface area contributed by atoms with Crippen molar-refractivity contribution < 1.29 is 19.4 Å². The van der Waals surface area contributed by atoms with Gasteiger partial charge in [-0.3, -0.25) is 0 Å². The van der Waals surface area contributed by atoms with Crippen molar-refractivity contribution in [2.24, 2.45) is 0 Å². The lowest BCUT2D eigenvalue weighted by Crippen LogP contribution is -2.17. The quantitative estimate of drug-likeness (QED) is 0.361. The van der Waals surface area contributed by atoms with Gasteiger partial charge in [-0.2, -0.15) is 0 Å². The lowest BCUT2D eigenvalue weighted by atomic mass is 10.6. The fraction of sp³-hybridized carbons (Fsp3) is 0.667. The van der Waals surface area contributed by atoms with E-state index in [1.165, 1.54) is 0 Å². The van der Waals surface area contributed by atoms with Crippen molar-refractivity contribution in [1.29, 1.82) is 0 Å². The zero-order valence-corrected chi connectivity index (χ0v) is 8.82. The normalized spacial score (nSPS) is 18.8. The van der Waals surface area contributed by atoms with E-state index >= 15 is 0 Å². The van der Waals surface area contributed by atoms with Gasteiger partial charge in [0.15, 0.2) is 0 Å². The molecule has 84 valence electrons. The Morgan fingerprint density at radius 2 is 1.54 bits per heavy atom. The Kier molecular flexibility index (Phi) is 4.35. The summed E-state index contributed by atoms with van der Waals surface area (Å²) in [6, 6.07) is 0. The Bertz CT molecular complexity index is 168. The van der Waals surface area contributed by atoms with E-state index in [0.29, 0.717) is 0 Å². The molecule has 0 aromatic carbocycles. The number of allylic oxidation sites excluding steroid dienone is 1. The molecule has 13 heavy (non-hydrogen) atoms. The van der Waals surface area contributed by atoms with Crippen LogP contribution < -0.4 is 0 Å². The van der Waals surface area contributed by atoms with Gasteiger partial charge < -0.3 is 0 Å². The van der Waals surface area contributed by atoms with E-state index in [1.807, 2.05) is 6.92 Å². The van der Waals surface area contributed by atoms with Gasteiger partial charge >= 0.3 is 0 Å². The number of rotatable bonds is 2. The summed E-state index contributed by atoms with van der Waals surface area (Å²) in [5.74, 6) is -2.19. The van der Waals surface area contributed by atoms with Crippen LogP contribution in [0.1, 0.15) is 13.8 Å². The van der Waals surface area contributed by atoms with Crippen LogP contribution in [0.5, 0.6) is 0 Å². The maximum Gasteiger partial charge on any atom is 0.287 e. The molecule has 0 amide bonds. The molecule has 7 heteroatoms. The van der Waals surface area contributed by atoms with Gasteiger partial charge in [0.1, 0.15) is 5.75 Å². The molecule has 0 N–H and O–H groups in total. The average Bonchev–Trinajstić information content (AvgIpc) is 1.52. The molecule has 0 aromatic rings. The first kappa shape index (κ1) is 15.5. The first-order valence-electron chi connectivity index (χ1n) is 3.25. The third-order valence-corrected chi connectivity index (χ3v) is 2.01. The number of alkyl halides is 1. The molecule has 0 radical (unpaired) electrons. The zero-order chi connectivity index (χ0) is 11.4. The van der Waals surface area contributed by atoms with Crippen molar-refractivity contribution in [2.75, 3.05) is 5.75 Å². The Morgan fingerprint density at radius 1 is 1.31 bits per heavy atom. The molecule has 0 heterocycles. The predicted octanol–water partition coefficient (Wildman–Crippen LogP) is 5.10. The number of hydrogen-bond donors (Lipinski definition) is 0. The van der Waals surface area contributed by atoms with Crippen LogP contribution >= 0.6 is 21.8 Å². The number of hydrogen-bond acceptors (Lipinski definition) is 0. The molecular weight excluding hydrogens is 235 g/mol. The standard InChI is InChI=1S/C3H6ClF5S.C3H6/c1-3(4)2-10(5,6,7,8)9;1-3-2/h3H,2H2,1H3;3H,1H2,2H3. The highest BCUT2D eigenvalue weighted by molar-refractivity contribution is 8.45. The summed E-state index contributed by atoms with van der Waals surface area (Å²) in [6.45, 7) is 6.12. The van der Waals surface area contributed by atoms with Crippen molar-refractivity contribution in [3.63, 3.8) is 0 Å². The molecule has 0 aliphatic carbocycles. The summed E-state index contributed by atoms with van der Waals surface area (Å²) in [5.41, 5.74) is 0. The van der Waals surface area contributed by atoms with Gasteiger partial charge in [0, 0.05) is 5.38 Å². The summed E-state index contributed by atoms with van der Waals surface area (Å²) in [4.78, 5) is 0. The Labute approximate surface area is 79.5 Å². The van der Waals surface area contributed by atoms with Crippen LogP contribution in [0.4, 0.5) is 19.4 Å². The minimum Gasteiger partial charge on any atom is -0.122 e. The van der Waals surface area contributed by atoms with Crippen LogP contribution in [0.15, 0.2) is 12.7 Å². The van der Waals surface area contributed by atoms with Crippen LogP contribution in [0.25, 0.3) is 0 Å². The van der Waals surface area contributed by atoms with Gasteiger partial charge in [-0.05, 0) is 13.8 Å². The van der Waals surface area contributed by atoms with E-state index in [-0.39, 0.29) is 0 Å². The Balaban J connectivity index is 0. The SMILES string of the molecule is C=CC.CC(Cl)CS(F)(F)(F)(F)F. The molecule has 0 bridgehead atoms. The maximum atomic E-state index is 11.4. The van der Waals surface area contributed by atoms with E-state index in [2.05, 4.69) is 6.58 Å². The first-order chi connectivity index (χ1) is 5.31. The maximum absolute atomic E-state index is 11.4. The van der Waals surface area contributed by atoms with Crippen molar-refractivity contribution in [3.05, 3.63) is 12.7 Å². The zero-order valence-electron chi connectivity index (χ0n) is 7.24. The van der Waals surface area contributed by atoms with E-state index in [1.54, 1.807) is 6.08 Å². The van der Waals surface area contributed by atoms with Crippen LogP contribution in [0.3, 0.4) is 0 Å². The summed E-state index contributed by atoms with van der Waals surface area (Å²) >= 11 is 4.77. The predicted molar refractivity (Wildman–Crippen MR) is 49.2 cm³/mol.